The van der Waals surface area contributed by atoms with Gasteiger partial charge in [-0.15, -0.1) is 0 Å². The fourth-order valence-corrected chi connectivity index (χ4v) is 2.32. The second-order valence-electron chi connectivity index (χ2n) is 4.06. The van der Waals surface area contributed by atoms with Crippen molar-refractivity contribution in [1.29, 1.82) is 0 Å². The van der Waals surface area contributed by atoms with Gasteiger partial charge in [0.15, 0.2) is 0 Å². The molecule has 2 rings (SSSR count). The number of aromatic nitrogens is 2. The van der Waals surface area contributed by atoms with Gasteiger partial charge in [0.1, 0.15) is 0 Å². The summed E-state index contributed by atoms with van der Waals surface area (Å²) in [7, 11) is 0. The lowest BCUT2D eigenvalue weighted by molar-refractivity contribution is 0.296. The molecular weight excluding hydrogens is 226 g/mol. The first-order valence-electron chi connectivity index (χ1n) is 5.66. The summed E-state index contributed by atoms with van der Waals surface area (Å²) in [5.41, 5.74) is 0. The van der Waals surface area contributed by atoms with Gasteiger partial charge in [-0.2, -0.15) is 0 Å². The summed E-state index contributed by atoms with van der Waals surface area (Å²) in [5.74, 6) is 0.672. The standard InChI is InChI=1S/C11H16ClN3O/c12-9-7-13-11(14-8-9)15(5-6-16)10-3-1-2-4-10/h7-8,10,16H,1-6H2. The van der Waals surface area contributed by atoms with Crippen LogP contribution in [0, 0.1) is 0 Å². The van der Waals surface area contributed by atoms with Crippen LogP contribution in [0.25, 0.3) is 0 Å². The molecule has 16 heavy (non-hydrogen) atoms. The molecule has 1 aliphatic rings. The van der Waals surface area contributed by atoms with Gasteiger partial charge in [-0.05, 0) is 12.8 Å². The molecule has 1 aromatic rings. The lowest BCUT2D eigenvalue weighted by Crippen LogP contribution is -2.36. The van der Waals surface area contributed by atoms with E-state index in [1.165, 1.54) is 12.8 Å². The van der Waals surface area contributed by atoms with Crippen molar-refractivity contribution in [3.8, 4) is 0 Å². The van der Waals surface area contributed by atoms with Crippen molar-refractivity contribution >= 4 is 17.5 Å². The molecule has 1 N–H and O–H groups in total. The minimum Gasteiger partial charge on any atom is -0.395 e. The molecule has 1 fully saturated rings. The minimum atomic E-state index is 0.127. The molecule has 1 heterocycles. The maximum absolute atomic E-state index is 9.09. The summed E-state index contributed by atoms with van der Waals surface area (Å²) in [6, 6.07) is 0.466. The van der Waals surface area contributed by atoms with E-state index in [-0.39, 0.29) is 6.61 Å². The molecule has 1 saturated carbocycles. The first-order chi connectivity index (χ1) is 7.81. The van der Waals surface area contributed by atoms with Gasteiger partial charge >= 0.3 is 0 Å². The fraction of sp³-hybridized carbons (Fsp3) is 0.636. The summed E-state index contributed by atoms with van der Waals surface area (Å²) >= 11 is 5.76. The zero-order valence-electron chi connectivity index (χ0n) is 9.14. The molecule has 0 aromatic carbocycles. The van der Waals surface area contributed by atoms with Crippen LogP contribution in [0.2, 0.25) is 5.02 Å². The van der Waals surface area contributed by atoms with Crippen LogP contribution in [0.5, 0.6) is 0 Å². The SMILES string of the molecule is OCCN(c1ncc(Cl)cn1)C1CCCC1. The van der Waals surface area contributed by atoms with E-state index in [0.717, 1.165) is 12.8 Å². The third kappa shape index (κ3) is 2.62. The van der Waals surface area contributed by atoms with Gasteiger partial charge in [-0.3, -0.25) is 0 Å². The van der Waals surface area contributed by atoms with E-state index in [1.807, 2.05) is 0 Å². The van der Waals surface area contributed by atoms with E-state index in [0.29, 0.717) is 23.6 Å². The van der Waals surface area contributed by atoms with E-state index in [9.17, 15) is 0 Å². The quantitative estimate of drug-likeness (QED) is 0.875. The van der Waals surface area contributed by atoms with Crippen LogP contribution < -0.4 is 4.90 Å². The molecule has 0 unspecified atom stereocenters. The lowest BCUT2D eigenvalue weighted by atomic mass is 10.2. The Bertz CT molecular complexity index is 325. The van der Waals surface area contributed by atoms with Crippen LogP contribution in [-0.2, 0) is 0 Å². The van der Waals surface area contributed by atoms with Crippen molar-refractivity contribution < 1.29 is 5.11 Å². The third-order valence-corrected chi connectivity index (χ3v) is 3.17. The first kappa shape index (κ1) is 11.6. The van der Waals surface area contributed by atoms with Crippen LogP contribution in [-0.4, -0.2) is 34.3 Å². The number of halogens is 1. The lowest BCUT2D eigenvalue weighted by Gasteiger charge is -2.28. The molecule has 5 heteroatoms. The molecule has 1 aliphatic carbocycles. The number of nitrogens with zero attached hydrogens (tertiary/aromatic N) is 3. The molecule has 0 aliphatic heterocycles. The number of aliphatic hydroxyl groups excluding tert-OH is 1. The van der Waals surface area contributed by atoms with Crippen molar-refractivity contribution in [3.63, 3.8) is 0 Å². The Hall–Kier alpha value is -0.870. The number of anilines is 1. The largest absolute Gasteiger partial charge is 0.395 e. The highest BCUT2D eigenvalue weighted by atomic mass is 35.5. The van der Waals surface area contributed by atoms with Crippen molar-refractivity contribution in [1.82, 2.24) is 9.97 Å². The Morgan fingerprint density at radius 3 is 2.50 bits per heavy atom. The van der Waals surface area contributed by atoms with Crippen molar-refractivity contribution in [2.75, 3.05) is 18.1 Å². The average Bonchev–Trinajstić information content (AvgIpc) is 2.81. The van der Waals surface area contributed by atoms with E-state index < -0.39 is 0 Å². The Morgan fingerprint density at radius 1 is 1.31 bits per heavy atom. The van der Waals surface area contributed by atoms with Crippen LogP contribution >= 0.6 is 11.6 Å². The molecule has 1 aromatic heterocycles. The number of aliphatic hydroxyl groups is 1. The van der Waals surface area contributed by atoms with Crippen molar-refractivity contribution in [2.45, 2.75) is 31.7 Å². The van der Waals surface area contributed by atoms with Crippen LogP contribution in [0.3, 0.4) is 0 Å². The van der Waals surface area contributed by atoms with E-state index in [2.05, 4.69) is 14.9 Å². The number of hydrogen-bond donors (Lipinski definition) is 1. The molecule has 0 amide bonds. The van der Waals surface area contributed by atoms with Crippen molar-refractivity contribution in [3.05, 3.63) is 17.4 Å². The van der Waals surface area contributed by atoms with Gasteiger partial charge in [0.2, 0.25) is 5.95 Å². The fourth-order valence-electron chi connectivity index (χ4n) is 2.22. The van der Waals surface area contributed by atoms with Crippen LogP contribution in [0.1, 0.15) is 25.7 Å². The molecule has 0 spiro atoms. The molecule has 0 radical (unpaired) electrons. The highest BCUT2D eigenvalue weighted by Gasteiger charge is 2.23. The van der Waals surface area contributed by atoms with Gasteiger partial charge in [0, 0.05) is 12.6 Å². The Kier molecular flexibility index (Phi) is 3.96. The van der Waals surface area contributed by atoms with E-state index in [1.54, 1.807) is 12.4 Å². The molecule has 0 saturated heterocycles. The monoisotopic (exact) mass is 241 g/mol. The topological polar surface area (TPSA) is 49.2 Å². The summed E-state index contributed by atoms with van der Waals surface area (Å²) in [6.07, 6.45) is 8.02. The summed E-state index contributed by atoms with van der Waals surface area (Å²) in [4.78, 5) is 10.5. The minimum absolute atomic E-state index is 0.127. The first-order valence-corrected chi connectivity index (χ1v) is 6.04. The van der Waals surface area contributed by atoms with Gasteiger partial charge in [0.25, 0.3) is 0 Å². The predicted molar refractivity (Wildman–Crippen MR) is 63.7 cm³/mol. The van der Waals surface area contributed by atoms with Gasteiger partial charge in [-0.25, -0.2) is 9.97 Å². The van der Waals surface area contributed by atoms with Gasteiger partial charge < -0.3 is 10.0 Å². The maximum atomic E-state index is 9.09. The highest BCUT2D eigenvalue weighted by Crippen LogP contribution is 2.26. The molecule has 0 bridgehead atoms. The second kappa shape index (κ2) is 5.46. The number of rotatable bonds is 4. The Balaban J connectivity index is 2.14. The Morgan fingerprint density at radius 2 is 1.94 bits per heavy atom. The number of hydrogen-bond acceptors (Lipinski definition) is 4. The zero-order chi connectivity index (χ0) is 11.4. The average molecular weight is 242 g/mol. The third-order valence-electron chi connectivity index (χ3n) is 2.97. The van der Waals surface area contributed by atoms with Crippen LogP contribution in [0.15, 0.2) is 12.4 Å². The van der Waals surface area contributed by atoms with E-state index in [4.69, 9.17) is 16.7 Å². The molecule has 0 atom stereocenters. The predicted octanol–water partition coefficient (Wildman–Crippen LogP) is 1.87. The van der Waals surface area contributed by atoms with Gasteiger partial charge in [-0.1, -0.05) is 24.4 Å². The summed E-state index contributed by atoms with van der Waals surface area (Å²) in [6.45, 7) is 0.717. The zero-order valence-corrected chi connectivity index (χ0v) is 9.90. The smallest absolute Gasteiger partial charge is 0.225 e. The van der Waals surface area contributed by atoms with Crippen molar-refractivity contribution in [2.24, 2.45) is 0 Å². The summed E-state index contributed by atoms with van der Waals surface area (Å²) < 4.78 is 0. The Labute approximate surface area is 100 Å². The van der Waals surface area contributed by atoms with Crippen LogP contribution in [0.4, 0.5) is 5.95 Å². The van der Waals surface area contributed by atoms with Gasteiger partial charge in [0.05, 0.1) is 24.0 Å². The molecule has 88 valence electrons. The normalized spacial score (nSPS) is 16.6. The highest BCUT2D eigenvalue weighted by molar-refractivity contribution is 6.30. The maximum Gasteiger partial charge on any atom is 0.225 e. The molecule has 4 nitrogen and oxygen atoms in total. The van der Waals surface area contributed by atoms with E-state index >= 15 is 0 Å². The summed E-state index contributed by atoms with van der Waals surface area (Å²) in [5, 5.41) is 9.63. The molecular formula is C11H16ClN3O. The second-order valence-corrected chi connectivity index (χ2v) is 4.49.